The van der Waals surface area contributed by atoms with Gasteiger partial charge in [0.05, 0.1) is 12.0 Å². The zero-order valence-electron chi connectivity index (χ0n) is 15.4. The number of unbranched alkanes of at least 4 members (excludes halogenated alkanes) is 1. The number of carboxylic acids is 1. The molecule has 130 valence electrons. The summed E-state index contributed by atoms with van der Waals surface area (Å²) < 4.78 is 5.58. The van der Waals surface area contributed by atoms with E-state index in [2.05, 4.69) is 18.2 Å². The summed E-state index contributed by atoms with van der Waals surface area (Å²) in [5.74, 6) is -0.721. The van der Waals surface area contributed by atoms with Crippen molar-refractivity contribution in [3.63, 3.8) is 0 Å². The molecule has 0 spiro atoms. The lowest BCUT2D eigenvalue weighted by molar-refractivity contribution is -0.147. The lowest BCUT2D eigenvalue weighted by Crippen LogP contribution is -2.23. The van der Waals surface area contributed by atoms with Gasteiger partial charge >= 0.3 is 5.97 Å². The van der Waals surface area contributed by atoms with Crippen molar-refractivity contribution in [3.8, 4) is 0 Å². The highest BCUT2D eigenvalue weighted by Gasteiger charge is 2.25. The molecule has 22 heavy (non-hydrogen) atoms. The molecule has 1 aliphatic rings. The minimum atomic E-state index is -0.721. The van der Waals surface area contributed by atoms with Crippen molar-refractivity contribution in [3.05, 3.63) is 23.8 Å². The van der Waals surface area contributed by atoms with E-state index in [1.165, 1.54) is 5.57 Å². The number of ether oxygens (including phenoxy) is 1. The average molecular weight is 312 g/mol. The highest BCUT2D eigenvalue weighted by atomic mass is 16.5. The predicted octanol–water partition coefficient (Wildman–Crippen LogP) is 5.61. The number of rotatable bonds is 8. The van der Waals surface area contributed by atoms with Crippen molar-refractivity contribution < 1.29 is 14.6 Å². The Hall–Kier alpha value is -1.09. The van der Waals surface area contributed by atoms with E-state index < -0.39 is 11.4 Å². The molecule has 0 atom stereocenters. The Labute approximate surface area is 137 Å². The van der Waals surface area contributed by atoms with E-state index in [0.29, 0.717) is 19.6 Å². The van der Waals surface area contributed by atoms with Crippen molar-refractivity contribution >= 4 is 5.97 Å². The summed E-state index contributed by atoms with van der Waals surface area (Å²) >= 11 is 0. The summed E-state index contributed by atoms with van der Waals surface area (Å²) in [4.78, 5) is 10.9. The third-order valence-electron chi connectivity index (χ3n) is 3.26. The van der Waals surface area contributed by atoms with Gasteiger partial charge in [-0.2, -0.15) is 0 Å². The third kappa shape index (κ3) is 11.6. The Kier molecular flexibility index (Phi) is 15.6. The van der Waals surface area contributed by atoms with Crippen LogP contribution in [0.1, 0.15) is 73.6 Å². The van der Waals surface area contributed by atoms with E-state index >= 15 is 0 Å². The number of carboxylic acid groups (broad SMARTS) is 1. The first-order valence-electron chi connectivity index (χ1n) is 8.69. The molecule has 0 aromatic carbocycles. The molecule has 3 heteroatoms. The van der Waals surface area contributed by atoms with Crippen LogP contribution in [-0.2, 0) is 9.53 Å². The Morgan fingerprint density at radius 2 is 1.82 bits per heavy atom. The van der Waals surface area contributed by atoms with E-state index in [1.54, 1.807) is 13.8 Å². The SMILES string of the molecule is CC.CC.CC(C)(CCCCOCC1=CCCC=C1)C(=O)O. The summed E-state index contributed by atoms with van der Waals surface area (Å²) in [5.41, 5.74) is 0.640. The highest BCUT2D eigenvalue weighted by Crippen LogP contribution is 2.23. The maximum Gasteiger partial charge on any atom is 0.309 e. The number of allylic oxidation sites excluding steroid dienone is 2. The number of carbonyl (C=O) groups is 1. The third-order valence-corrected chi connectivity index (χ3v) is 3.26. The maximum atomic E-state index is 10.9. The first-order valence-corrected chi connectivity index (χ1v) is 8.69. The molecule has 0 unspecified atom stereocenters. The van der Waals surface area contributed by atoms with E-state index in [-0.39, 0.29) is 0 Å². The van der Waals surface area contributed by atoms with Crippen LogP contribution in [0.25, 0.3) is 0 Å². The second-order valence-electron chi connectivity index (χ2n) is 5.46. The molecule has 0 aromatic heterocycles. The van der Waals surface area contributed by atoms with Crippen LogP contribution in [0, 0.1) is 5.41 Å². The van der Waals surface area contributed by atoms with Crippen LogP contribution in [0.5, 0.6) is 0 Å². The van der Waals surface area contributed by atoms with Gasteiger partial charge in [0.25, 0.3) is 0 Å². The second kappa shape index (κ2) is 14.8. The molecule has 1 aliphatic carbocycles. The first-order chi connectivity index (χ1) is 10.5. The molecule has 0 amide bonds. The van der Waals surface area contributed by atoms with Crippen LogP contribution in [0.15, 0.2) is 23.8 Å². The minimum absolute atomic E-state index is 0.616. The molecule has 0 heterocycles. The first kappa shape index (κ1) is 23.2. The van der Waals surface area contributed by atoms with Gasteiger partial charge in [-0.15, -0.1) is 0 Å². The maximum absolute atomic E-state index is 10.9. The summed E-state index contributed by atoms with van der Waals surface area (Å²) in [6.07, 6.45) is 11.3. The van der Waals surface area contributed by atoms with Gasteiger partial charge in [-0.3, -0.25) is 4.79 Å². The Balaban J connectivity index is 0. The fraction of sp³-hybridized carbons (Fsp3) is 0.737. The molecule has 0 aromatic rings. The fourth-order valence-corrected chi connectivity index (χ4v) is 1.84. The second-order valence-corrected chi connectivity index (χ2v) is 5.46. The molecule has 1 rings (SSSR count). The number of aliphatic carboxylic acids is 1. The molecular formula is C19H36O3. The zero-order valence-corrected chi connectivity index (χ0v) is 15.4. The van der Waals surface area contributed by atoms with Gasteiger partial charge in [0.15, 0.2) is 0 Å². The van der Waals surface area contributed by atoms with Gasteiger partial charge in [0.1, 0.15) is 0 Å². The molecule has 0 bridgehead atoms. The molecule has 0 fully saturated rings. The molecule has 0 saturated carbocycles. The van der Waals surface area contributed by atoms with E-state index in [1.807, 2.05) is 27.7 Å². The minimum Gasteiger partial charge on any atom is -0.481 e. The highest BCUT2D eigenvalue weighted by molar-refractivity contribution is 5.73. The topological polar surface area (TPSA) is 46.5 Å². The van der Waals surface area contributed by atoms with Crippen LogP contribution >= 0.6 is 0 Å². The van der Waals surface area contributed by atoms with E-state index in [9.17, 15) is 4.79 Å². The average Bonchev–Trinajstić information content (AvgIpc) is 2.55. The Bertz CT molecular complexity index is 328. The van der Waals surface area contributed by atoms with Crippen LogP contribution in [0.3, 0.4) is 0 Å². The fourth-order valence-electron chi connectivity index (χ4n) is 1.84. The molecule has 0 radical (unpaired) electrons. The van der Waals surface area contributed by atoms with Crippen LogP contribution in [-0.4, -0.2) is 24.3 Å². The normalized spacial score (nSPS) is 13.3. The molecule has 0 aliphatic heterocycles. The summed E-state index contributed by atoms with van der Waals surface area (Å²) in [7, 11) is 0. The summed E-state index contributed by atoms with van der Waals surface area (Å²) in [5, 5.41) is 8.97. The van der Waals surface area contributed by atoms with Gasteiger partial charge in [0.2, 0.25) is 0 Å². The van der Waals surface area contributed by atoms with Crippen molar-refractivity contribution in [2.45, 2.75) is 73.6 Å². The monoisotopic (exact) mass is 312 g/mol. The quantitative estimate of drug-likeness (QED) is 0.592. The van der Waals surface area contributed by atoms with Crippen molar-refractivity contribution in [2.24, 2.45) is 5.41 Å². The summed E-state index contributed by atoms with van der Waals surface area (Å²) in [6.45, 7) is 12.9. The number of hydrogen-bond donors (Lipinski definition) is 1. The smallest absolute Gasteiger partial charge is 0.309 e. The number of hydrogen-bond acceptors (Lipinski definition) is 2. The van der Waals surface area contributed by atoms with Crippen LogP contribution < -0.4 is 0 Å². The molecular weight excluding hydrogens is 276 g/mol. The van der Waals surface area contributed by atoms with Gasteiger partial charge in [-0.05, 0) is 45.1 Å². The lowest BCUT2D eigenvalue weighted by atomic mass is 9.87. The van der Waals surface area contributed by atoms with E-state index in [0.717, 1.165) is 25.7 Å². The standard InChI is InChI=1S/C15H24O3.2C2H6/c1-15(2,14(16)17)10-6-7-11-18-12-13-8-4-3-5-9-13;2*1-2/h4,8-9H,3,5-7,10-12H2,1-2H3,(H,16,17);2*1-2H3. The summed E-state index contributed by atoms with van der Waals surface area (Å²) in [6, 6.07) is 0. The van der Waals surface area contributed by atoms with Gasteiger partial charge in [-0.25, -0.2) is 0 Å². The molecule has 1 N–H and O–H groups in total. The molecule has 0 saturated heterocycles. The van der Waals surface area contributed by atoms with Crippen LogP contribution in [0.2, 0.25) is 0 Å². The Morgan fingerprint density at radius 3 is 2.32 bits per heavy atom. The van der Waals surface area contributed by atoms with Crippen LogP contribution in [0.4, 0.5) is 0 Å². The van der Waals surface area contributed by atoms with Crippen molar-refractivity contribution in [1.29, 1.82) is 0 Å². The largest absolute Gasteiger partial charge is 0.481 e. The zero-order chi connectivity index (χ0) is 17.4. The van der Waals surface area contributed by atoms with Crippen molar-refractivity contribution in [2.75, 3.05) is 13.2 Å². The molecule has 3 nitrogen and oxygen atoms in total. The van der Waals surface area contributed by atoms with Gasteiger partial charge in [-0.1, -0.05) is 52.3 Å². The van der Waals surface area contributed by atoms with Gasteiger partial charge < -0.3 is 9.84 Å². The van der Waals surface area contributed by atoms with Gasteiger partial charge in [0, 0.05) is 6.61 Å². The van der Waals surface area contributed by atoms with Crippen molar-refractivity contribution in [1.82, 2.24) is 0 Å². The lowest BCUT2D eigenvalue weighted by Gasteiger charge is -2.18. The van der Waals surface area contributed by atoms with E-state index in [4.69, 9.17) is 9.84 Å². The Morgan fingerprint density at radius 1 is 1.18 bits per heavy atom. The predicted molar refractivity (Wildman–Crippen MR) is 95.2 cm³/mol.